The Morgan fingerprint density at radius 3 is 2.35 bits per heavy atom. The molecule has 1 rings (SSSR count). The van der Waals surface area contributed by atoms with Crippen LogP contribution in [0.3, 0.4) is 0 Å². The van der Waals surface area contributed by atoms with Crippen molar-refractivity contribution in [2.24, 2.45) is 5.92 Å². The number of rotatable bonds is 8. The van der Waals surface area contributed by atoms with Gasteiger partial charge in [-0.3, -0.25) is 9.59 Å². The van der Waals surface area contributed by atoms with Crippen LogP contribution in [0.1, 0.15) is 13.3 Å². The molecule has 0 spiro atoms. The van der Waals surface area contributed by atoms with Crippen molar-refractivity contribution < 1.29 is 24.2 Å². The molecule has 6 nitrogen and oxygen atoms in total. The van der Waals surface area contributed by atoms with Gasteiger partial charge in [-0.05, 0) is 30.7 Å². The number of ether oxygens (including phenoxy) is 2. The molecule has 1 unspecified atom stereocenters. The summed E-state index contributed by atoms with van der Waals surface area (Å²) < 4.78 is 10.3. The molecule has 0 fully saturated rings. The fraction of sp³-hybridized carbons (Fsp3) is 0.429. The van der Waals surface area contributed by atoms with Gasteiger partial charge in [0.2, 0.25) is 0 Å². The van der Waals surface area contributed by atoms with Gasteiger partial charge in [0.15, 0.2) is 6.61 Å². The third-order valence-electron chi connectivity index (χ3n) is 2.82. The second-order valence-electron chi connectivity index (χ2n) is 4.21. The van der Waals surface area contributed by atoms with E-state index in [1.54, 1.807) is 38.3 Å². The third-order valence-corrected chi connectivity index (χ3v) is 2.82. The predicted molar refractivity (Wildman–Crippen MR) is 72.9 cm³/mol. The quantitative estimate of drug-likeness (QED) is 0.750. The van der Waals surface area contributed by atoms with Crippen molar-refractivity contribution in [1.82, 2.24) is 5.32 Å². The van der Waals surface area contributed by atoms with E-state index < -0.39 is 11.9 Å². The number of amides is 1. The first-order chi connectivity index (χ1) is 9.56. The van der Waals surface area contributed by atoms with Crippen molar-refractivity contribution in [3.63, 3.8) is 0 Å². The summed E-state index contributed by atoms with van der Waals surface area (Å²) in [7, 11) is 1.57. The van der Waals surface area contributed by atoms with Crippen LogP contribution in [-0.2, 0) is 9.59 Å². The molecule has 0 aliphatic carbocycles. The molecule has 0 aromatic heterocycles. The molecule has 0 radical (unpaired) electrons. The highest BCUT2D eigenvalue weighted by Crippen LogP contribution is 2.16. The molecule has 1 aromatic carbocycles. The Balaban J connectivity index is 2.33. The Bertz CT molecular complexity index is 443. The largest absolute Gasteiger partial charge is 0.497 e. The number of benzene rings is 1. The average Bonchev–Trinajstić information content (AvgIpc) is 2.46. The molecule has 0 bridgehead atoms. The summed E-state index contributed by atoms with van der Waals surface area (Å²) in [6.07, 6.45) is 0.467. The predicted octanol–water partition coefficient (Wildman–Crippen LogP) is 1.30. The number of carbonyl (C=O) groups excluding carboxylic acids is 1. The lowest BCUT2D eigenvalue weighted by Gasteiger charge is -2.11. The van der Waals surface area contributed by atoms with E-state index in [1.807, 2.05) is 0 Å². The summed E-state index contributed by atoms with van der Waals surface area (Å²) in [5.74, 6) is -0.579. The number of carboxylic acid groups (broad SMARTS) is 1. The smallest absolute Gasteiger partial charge is 0.308 e. The molecule has 0 aliphatic heterocycles. The lowest BCUT2D eigenvalue weighted by Crippen LogP contribution is -2.35. The standard InChI is InChI=1S/C14H19NO5/c1-3-10(14(17)18)8-15-13(16)9-20-12-6-4-11(19-2)5-7-12/h4-7,10H,3,8-9H2,1-2H3,(H,15,16)(H,17,18). The summed E-state index contributed by atoms with van der Waals surface area (Å²) in [6.45, 7) is 1.72. The van der Waals surface area contributed by atoms with Crippen molar-refractivity contribution in [3.05, 3.63) is 24.3 Å². The maximum absolute atomic E-state index is 11.5. The zero-order chi connectivity index (χ0) is 15.0. The summed E-state index contributed by atoms with van der Waals surface area (Å²) in [5, 5.41) is 11.4. The van der Waals surface area contributed by atoms with Crippen LogP contribution >= 0.6 is 0 Å². The van der Waals surface area contributed by atoms with E-state index in [0.717, 1.165) is 0 Å². The second-order valence-corrected chi connectivity index (χ2v) is 4.21. The molecule has 6 heteroatoms. The number of methoxy groups -OCH3 is 1. The van der Waals surface area contributed by atoms with E-state index >= 15 is 0 Å². The first kappa shape index (κ1) is 15.8. The number of hydrogen-bond acceptors (Lipinski definition) is 4. The van der Waals surface area contributed by atoms with Gasteiger partial charge in [0.1, 0.15) is 11.5 Å². The fourth-order valence-electron chi connectivity index (χ4n) is 1.52. The van der Waals surface area contributed by atoms with E-state index in [4.69, 9.17) is 14.6 Å². The fourth-order valence-corrected chi connectivity index (χ4v) is 1.52. The van der Waals surface area contributed by atoms with Crippen molar-refractivity contribution in [2.45, 2.75) is 13.3 Å². The van der Waals surface area contributed by atoms with Crippen LogP contribution in [-0.4, -0.2) is 37.2 Å². The Labute approximate surface area is 117 Å². The van der Waals surface area contributed by atoms with E-state index in [-0.39, 0.29) is 19.1 Å². The van der Waals surface area contributed by atoms with Gasteiger partial charge < -0.3 is 19.9 Å². The molecule has 110 valence electrons. The number of carboxylic acids is 1. The van der Waals surface area contributed by atoms with Gasteiger partial charge in [0, 0.05) is 6.54 Å². The topological polar surface area (TPSA) is 84.9 Å². The highest BCUT2D eigenvalue weighted by molar-refractivity contribution is 5.78. The van der Waals surface area contributed by atoms with Crippen molar-refractivity contribution >= 4 is 11.9 Å². The van der Waals surface area contributed by atoms with Crippen molar-refractivity contribution in [2.75, 3.05) is 20.3 Å². The Morgan fingerprint density at radius 1 is 1.25 bits per heavy atom. The molecule has 0 aliphatic rings. The minimum Gasteiger partial charge on any atom is -0.497 e. The summed E-state index contributed by atoms with van der Waals surface area (Å²) in [6, 6.07) is 6.84. The lowest BCUT2D eigenvalue weighted by atomic mass is 10.1. The molecule has 1 amide bonds. The molecule has 2 N–H and O–H groups in total. The molecular formula is C14H19NO5. The van der Waals surface area contributed by atoms with E-state index in [2.05, 4.69) is 5.32 Å². The van der Waals surface area contributed by atoms with Crippen LogP contribution in [0.4, 0.5) is 0 Å². The minimum atomic E-state index is -0.913. The van der Waals surface area contributed by atoms with Crippen LogP contribution in [0.2, 0.25) is 0 Å². The van der Waals surface area contributed by atoms with Gasteiger partial charge in [0.25, 0.3) is 5.91 Å². The van der Waals surface area contributed by atoms with Crippen LogP contribution in [0.15, 0.2) is 24.3 Å². The van der Waals surface area contributed by atoms with Crippen LogP contribution in [0.5, 0.6) is 11.5 Å². The first-order valence-electron chi connectivity index (χ1n) is 6.33. The van der Waals surface area contributed by atoms with Crippen LogP contribution < -0.4 is 14.8 Å². The van der Waals surface area contributed by atoms with E-state index in [1.165, 1.54) is 0 Å². The van der Waals surface area contributed by atoms with Gasteiger partial charge in [-0.2, -0.15) is 0 Å². The maximum atomic E-state index is 11.5. The molecule has 1 aromatic rings. The highest BCUT2D eigenvalue weighted by atomic mass is 16.5. The summed E-state index contributed by atoms with van der Waals surface area (Å²) in [5.41, 5.74) is 0. The minimum absolute atomic E-state index is 0.108. The Hall–Kier alpha value is -2.24. The Kier molecular flexibility index (Phi) is 6.36. The monoisotopic (exact) mass is 281 g/mol. The second kappa shape index (κ2) is 8.04. The zero-order valence-corrected chi connectivity index (χ0v) is 11.6. The van der Waals surface area contributed by atoms with Gasteiger partial charge in [-0.25, -0.2) is 0 Å². The van der Waals surface area contributed by atoms with Crippen molar-refractivity contribution in [1.29, 1.82) is 0 Å². The SMILES string of the molecule is CCC(CNC(=O)COc1ccc(OC)cc1)C(=O)O. The lowest BCUT2D eigenvalue weighted by molar-refractivity contribution is -0.141. The summed E-state index contributed by atoms with van der Waals surface area (Å²) in [4.78, 5) is 22.3. The first-order valence-corrected chi connectivity index (χ1v) is 6.33. The van der Waals surface area contributed by atoms with Crippen LogP contribution in [0, 0.1) is 5.92 Å². The Morgan fingerprint density at radius 2 is 1.85 bits per heavy atom. The normalized spacial score (nSPS) is 11.5. The van der Waals surface area contributed by atoms with Gasteiger partial charge in [0.05, 0.1) is 13.0 Å². The molecule has 0 saturated carbocycles. The molecule has 1 atom stereocenters. The van der Waals surface area contributed by atoms with Gasteiger partial charge >= 0.3 is 5.97 Å². The average molecular weight is 281 g/mol. The summed E-state index contributed by atoms with van der Waals surface area (Å²) >= 11 is 0. The van der Waals surface area contributed by atoms with E-state index in [0.29, 0.717) is 17.9 Å². The number of carbonyl (C=O) groups is 2. The van der Waals surface area contributed by atoms with E-state index in [9.17, 15) is 9.59 Å². The highest BCUT2D eigenvalue weighted by Gasteiger charge is 2.15. The molecule has 0 saturated heterocycles. The molecule has 20 heavy (non-hydrogen) atoms. The number of nitrogens with one attached hydrogen (secondary N) is 1. The third kappa shape index (κ3) is 5.17. The molecular weight excluding hydrogens is 262 g/mol. The van der Waals surface area contributed by atoms with Gasteiger partial charge in [-0.1, -0.05) is 6.92 Å². The number of aliphatic carboxylic acids is 1. The number of hydrogen-bond donors (Lipinski definition) is 2. The van der Waals surface area contributed by atoms with Crippen molar-refractivity contribution in [3.8, 4) is 11.5 Å². The molecule has 0 heterocycles. The van der Waals surface area contributed by atoms with Crippen LogP contribution in [0.25, 0.3) is 0 Å². The zero-order valence-electron chi connectivity index (χ0n) is 11.6. The maximum Gasteiger partial charge on any atom is 0.308 e. The van der Waals surface area contributed by atoms with Gasteiger partial charge in [-0.15, -0.1) is 0 Å².